The molecule has 24 heavy (non-hydrogen) atoms. The van der Waals surface area contributed by atoms with Crippen LogP contribution in [0, 0.1) is 19.8 Å². The van der Waals surface area contributed by atoms with Gasteiger partial charge >= 0.3 is 5.97 Å². The van der Waals surface area contributed by atoms with E-state index in [2.05, 4.69) is 19.2 Å². The number of carboxylic acid groups (broad SMARTS) is 1. The number of carbonyl (C=O) groups is 1. The molecular weight excluding hydrogens is 306 g/mol. The summed E-state index contributed by atoms with van der Waals surface area (Å²) in [4.78, 5) is 10.6. The summed E-state index contributed by atoms with van der Waals surface area (Å²) in [5.41, 5.74) is 4.33. The maximum absolute atomic E-state index is 10.6. The molecule has 0 bridgehead atoms. The molecule has 0 aromatic heterocycles. The van der Waals surface area contributed by atoms with Crippen molar-refractivity contribution in [3.8, 4) is 5.75 Å². The van der Waals surface area contributed by atoms with Gasteiger partial charge in [-0.05, 0) is 60.7 Å². The van der Waals surface area contributed by atoms with Gasteiger partial charge in [0, 0.05) is 12.1 Å². The number of nitrogens with one attached hydrogen (secondary N) is 1. The number of aliphatic carboxylic acids is 1. The second-order valence-electron chi connectivity index (χ2n) is 6.54. The molecular formula is C19H25NO4. The fourth-order valence-electron chi connectivity index (χ4n) is 2.88. The van der Waals surface area contributed by atoms with Gasteiger partial charge in [-0.25, -0.2) is 4.79 Å². The van der Waals surface area contributed by atoms with Crippen LogP contribution in [0.25, 0.3) is 0 Å². The Hall–Kier alpha value is -2.43. The number of aliphatic hydroxyl groups is 1. The number of hydrogen-bond donors (Lipinski definition) is 3. The Morgan fingerprint density at radius 1 is 1.25 bits per heavy atom. The summed E-state index contributed by atoms with van der Waals surface area (Å²) in [5, 5.41) is 22.1. The van der Waals surface area contributed by atoms with Gasteiger partial charge in [0.1, 0.15) is 11.5 Å². The van der Waals surface area contributed by atoms with Crippen LogP contribution in [0.5, 0.6) is 5.75 Å². The molecule has 1 aromatic carbocycles. The summed E-state index contributed by atoms with van der Waals surface area (Å²) < 4.78 is 5.26. The highest BCUT2D eigenvalue weighted by molar-refractivity contribution is 5.68. The second-order valence-corrected chi connectivity index (χ2v) is 6.54. The Kier molecular flexibility index (Phi) is 5.54. The maximum Gasteiger partial charge on any atom is 0.341 e. The quantitative estimate of drug-likeness (QED) is 0.746. The lowest BCUT2D eigenvalue weighted by molar-refractivity contribution is -0.139. The SMILES string of the molecule is Cc1cc(OCC(=O)O)cc(C)c1CC1=CC=C(O)C(C(C)C)N1. The average Bonchev–Trinajstić information content (AvgIpc) is 2.50. The predicted octanol–water partition coefficient (Wildman–Crippen LogP) is 3.26. The molecule has 1 unspecified atom stereocenters. The highest BCUT2D eigenvalue weighted by Gasteiger charge is 2.21. The second kappa shape index (κ2) is 7.43. The number of rotatable bonds is 6. The van der Waals surface area contributed by atoms with Gasteiger partial charge in [0.15, 0.2) is 6.61 Å². The zero-order valence-electron chi connectivity index (χ0n) is 14.6. The summed E-state index contributed by atoms with van der Waals surface area (Å²) in [6, 6.07) is 3.66. The molecule has 0 saturated heterocycles. The van der Waals surface area contributed by atoms with Gasteiger partial charge in [-0.15, -0.1) is 0 Å². The van der Waals surface area contributed by atoms with Crippen molar-refractivity contribution in [1.82, 2.24) is 5.32 Å². The van der Waals surface area contributed by atoms with E-state index in [1.54, 1.807) is 6.08 Å². The molecule has 3 N–H and O–H groups in total. The van der Waals surface area contributed by atoms with E-state index < -0.39 is 5.97 Å². The van der Waals surface area contributed by atoms with E-state index in [4.69, 9.17) is 9.84 Å². The van der Waals surface area contributed by atoms with Crippen LogP contribution >= 0.6 is 0 Å². The molecule has 1 atom stereocenters. The van der Waals surface area contributed by atoms with E-state index in [1.807, 2.05) is 32.1 Å². The summed E-state index contributed by atoms with van der Waals surface area (Å²) in [6.07, 6.45) is 4.39. The molecule has 1 aliphatic heterocycles. The minimum atomic E-state index is -0.989. The zero-order chi connectivity index (χ0) is 17.9. The monoisotopic (exact) mass is 331 g/mol. The van der Waals surface area contributed by atoms with Crippen LogP contribution in [-0.2, 0) is 11.2 Å². The third-order valence-corrected chi connectivity index (χ3v) is 4.18. The molecule has 0 saturated carbocycles. The van der Waals surface area contributed by atoms with Gasteiger partial charge in [-0.3, -0.25) is 0 Å². The van der Waals surface area contributed by atoms with Crippen molar-refractivity contribution in [2.75, 3.05) is 6.61 Å². The summed E-state index contributed by atoms with van der Waals surface area (Å²) in [6.45, 7) is 7.77. The van der Waals surface area contributed by atoms with Gasteiger partial charge in [-0.2, -0.15) is 0 Å². The molecule has 0 amide bonds. The smallest absolute Gasteiger partial charge is 0.341 e. The Labute approximate surface area is 142 Å². The zero-order valence-corrected chi connectivity index (χ0v) is 14.6. The Balaban J connectivity index is 2.17. The Morgan fingerprint density at radius 3 is 2.42 bits per heavy atom. The van der Waals surface area contributed by atoms with E-state index in [-0.39, 0.29) is 12.6 Å². The van der Waals surface area contributed by atoms with Crippen LogP contribution < -0.4 is 10.1 Å². The van der Waals surface area contributed by atoms with Crippen LogP contribution in [-0.4, -0.2) is 28.8 Å². The van der Waals surface area contributed by atoms with Crippen molar-refractivity contribution >= 4 is 5.97 Å². The van der Waals surface area contributed by atoms with E-state index in [1.165, 1.54) is 5.56 Å². The first kappa shape index (κ1) is 17.9. The summed E-state index contributed by atoms with van der Waals surface area (Å²) in [5.74, 6) is 0.232. The molecule has 1 aromatic rings. The van der Waals surface area contributed by atoms with Crippen molar-refractivity contribution in [2.24, 2.45) is 5.92 Å². The number of hydrogen-bond acceptors (Lipinski definition) is 4. The predicted molar refractivity (Wildman–Crippen MR) is 93.3 cm³/mol. The minimum Gasteiger partial charge on any atom is -0.510 e. The van der Waals surface area contributed by atoms with Crippen LogP contribution in [0.15, 0.2) is 35.7 Å². The van der Waals surface area contributed by atoms with Crippen molar-refractivity contribution in [1.29, 1.82) is 0 Å². The standard InChI is InChI=1S/C19H25NO4/c1-11(2)19-17(21)6-5-14(20-19)9-16-12(3)7-15(8-13(16)4)24-10-18(22)23/h5-8,11,19-21H,9-10H2,1-4H3,(H,22,23). The molecule has 0 aliphatic carbocycles. The fourth-order valence-corrected chi connectivity index (χ4v) is 2.88. The van der Waals surface area contributed by atoms with Gasteiger partial charge in [0.05, 0.1) is 6.04 Å². The molecule has 130 valence electrons. The van der Waals surface area contributed by atoms with Crippen LogP contribution in [0.2, 0.25) is 0 Å². The Bertz CT molecular complexity index is 666. The number of allylic oxidation sites excluding steroid dienone is 3. The normalized spacial score (nSPS) is 17.1. The molecule has 1 aliphatic rings. The Morgan fingerprint density at radius 2 is 1.88 bits per heavy atom. The molecule has 0 spiro atoms. The first-order chi connectivity index (χ1) is 11.3. The first-order valence-corrected chi connectivity index (χ1v) is 8.09. The van der Waals surface area contributed by atoms with Gasteiger partial charge in [-0.1, -0.05) is 13.8 Å². The van der Waals surface area contributed by atoms with Crippen molar-refractivity contribution < 1.29 is 19.7 Å². The molecule has 0 fully saturated rings. The number of aliphatic hydroxyl groups excluding tert-OH is 1. The lowest BCUT2D eigenvalue weighted by Crippen LogP contribution is -2.37. The van der Waals surface area contributed by atoms with E-state index in [9.17, 15) is 9.90 Å². The first-order valence-electron chi connectivity index (χ1n) is 8.09. The maximum atomic E-state index is 10.6. The summed E-state index contributed by atoms with van der Waals surface area (Å²) in [7, 11) is 0. The van der Waals surface area contributed by atoms with Crippen molar-refractivity contribution in [2.45, 2.75) is 40.2 Å². The number of benzene rings is 1. The van der Waals surface area contributed by atoms with Gasteiger partial charge in [0.25, 0.3) is 0 Å². The van der Waals surface area contributed by atoms with E-state index in [0.717, 1.165) is 23.2 Å². The fraction of sp³-hybridized carbons (Fsp3) is 0.421. The molecule has 5 heteroatoms. The topological polar surface area (TPSA) is 78.8 Å². The largest absolute Gasteiger partial charge is 0.510 e. The van der Waals surface area contributed by atoms with Crippen LogP contribution in [0.4, 0.5) is 0 Å². The number of ether oxygens (including phenoxy) is 1. The van der Waals surface area contributed by atoms with Crippen molar-refractivity contribution in [3.63, 3.8) is 0 Å². The van der Waals surface area contributed by atoms with Crippen LogP contribution in [0.3, 0.4) is 0 Å². The average molecular weight is 331 g/mol. The third-order valence-electron chi connectivity index (χ3n) is 4.18. The highest BCUT2D eigenvalue weighted by atomic mass is 16.5. The van der Waals surface area contributed by atoms with E-state index in [0.29, 0.717) is 17.4 Å². The number of carboxylic acids is 1. The molecule has 1 heterocycles. The van der Waals surface area contributed by atoms with Gasteiger partial charge < -0.3 is 20.3 Å². The molecule has 0 radical (unpaired) electrons. The summed E-state index contributed by atoms with van der Waals surface area (Å²) >= 11 is 0. The van der Waals surface area contributed by atoms with Gasteiger partial charge in [0.2, 0.25) is 0 Å². The van der Waals surface area contributed by atoms with Crippen LogP contribution in [0.1, 0.15) is 30.5 Å². The highest BCUT2D eigenvalue weighted by Crippen LogP contribution is 2.25. The third kappa shape index (κ3) is 4.31. The lowest BCUT2D eigenvalue weighted by Gasteiger charge is -2.28. The molecule has 5 nitrogen and oxygen atoms in total. The number of aryl methyl sites for hydroxylation is 2. The number of dihydropyridines is 1. The van der Waals surface area contributed by atoms with E-state index >= 15 is 0 Å². The molecule has 2 rings (SSSR count). The van der Waals surface area contributed by atoms with Crippen molar-refractivity contribution in [3.05, 3.63) is 52.4 Å². The lowest BCUT2D eigenvalue weighted by atomic mass is 9.94. The minimum absolute atomic E-state index is 0.0659.